The molecule has 0 bridgehead atoms. The Balaban J connectivity index is 1.13. The van der Waals surface area contributed by atoms with E-state index >= 15 is 0 Å². The molecular formula is C51H34N4S. The number of rotatable bonds is 6. The summed E-state index contributed by atoms with van der Waals surface area (Å²) in [4.78, 5) is 10.0. The van der Waals surface area contributed by atoms with Crippen molar-refractivity contribution in [1.82, 2.24) is 9.88 Å². The number of hydrogen-bond donors (Lipinski definition) is 1. The zero-order valence-electron chi connectivity index (χ0n) is 43.2. The van der Waals surface area contributed by atoms with Crippen molar-refractivity contribution in [1.29, 1.82) is 0 Å². The normalized spacial score (nSPS) is 17.8. The molecule has 264 valence electrons. The average Bonchev–Trinajstić information content (AvgIpc) is 3.97. The van der Waals surface area contributed by atoms with E-state index in [1.165, 1.54) is 4.57 Å². The van der Waals surface area contributed by atoms with Gasteiger partial charge in [-0.15, -0.1) is 11.3 Å². The predicted molar refractivity (Wildman–Crippen MR) is 236 cm³/mol. The summed E-state index contributed by atoms with van der Waals surface area (Å²) in [5.74, 6) is 1.07. The molecule has 1 atom stereocenters. The van der Waals surface area contributed by atoms with Gasteiger partial charge in [-0.05, 0) is 70.2 Å². The van der Waals surface area contributed by atoms with E-state index in [1.807, 2.05) is 84.9 Å². The van der Waals surface area contributed by atoms with Crippen LogP contribution in [0.2, 0.25) is 0 Å². The highest BCUT2D eigenvalue weighted by Gasteiger charge is 2.22. The molecule has 1 aliphatic rings. The molecule has 0 amide bonds. The van der Waals surface area contributed by atoms with Crippen LogP contribution in [0, 0.1) is 0 Å². The first-order valence-corrected chi connectivity index (χ1v) is 18.6. The number of aliphatic imine (C=N–C) groups is 2. The van der Waals surface area contributed by atoms with Crippen LogP contribution in [0.25, 0.3) is 69.9 Å². The number of nitrogens with zero attached hydrogens (tertiary/aromatic N) is 3. The lowest BCUT2D eigenvalue weighted by atomic mass is 10.0. The molecule has 3 heterocycles. The van der Waals surface area contributed by atoms with Crippen molar-refractivity contribution in [3.63, 3.8) is 0 Å². The molecule has 4 nitrogen and oxygen atoms in total. The van der Waals surface area contributed by atoms with E-state index < -0.39 is 90.8 Å². The van der Waals surface area contributed by atoms with Crippen molar-refractivity contribution in [3.05, 3.63) is 210 Å². The summed E-state index contributed by atoms with van der Waals surface area (Å²) >= 11 is 0.835. The predicted octanol–water partition coefficient (Wildman–Crippen LogP) is 13.0. The molecule has 0 saturated carbocycles. The number of aromatic nitrogens is 1. The van der Waals surface area contributed by atoms with Crippen LogP contribution in [-0.4, -0.2) is 16.2 Å². The van der Waals surface area contributed by atoms with Crippen LogP contribution in [-0.2, 0) is 0 Å². The van der Waals surface area contributed by atoms with E-state index in [-0.39, 0.29) is 53.1 Å². The maximum atomic E-state index is 9.94. The van der Waals surface area contributed by atoms with Crippen molar-refractivity contribution in [2.75, 3.05) is 0 Å². The Morgan fingerprint density at radius 3 is 1.88 bits per heavy atom. The first-order chi connectivity index (χ1) is 33.6. The molecule has 11 rings (SSSR count). The second kappa shape index (κ2) is 13.3. The number of fused-ring (bicyclic) bond motifs is 6. The third kappa shape index (κ3) is 5.52. The minimum Gasteiger partial charge on any atom is -0.324 e. The molecule has 1 aliphatic heterocycles. The van der Waals surface area contributed by atoms with Crippen LogP contribution < -0.4 is 5.32 Å². The van der Waals surface area contributed by atoms with E-state index in [4.69, 9.17) is 22.3 Å². The summed E-state index contributed by atoms with van der Waals surface area (Å²) in [7, 11) is 0. The summed E-state index contributed by atoms with van der Waals surface area (Å²) in [6.45, 7) is 0. The number of amidine groups is 2. The zero-order chi connectivity index (χ0) is 49.2. The van der Waals surface area contributed by atoms with Crippen LogP contribution in [0.4, 0.5) is 0 Å². The zero-order valence-corrected chi connectivity index (χ0v) is 30.0. The second-order valence-corrected chi connectivity index (χ2v) is 14.2. The maximum Gasteiger partial charge on any atom is 0.169 e. The molecule has 0 fully saturated rings. The highest BCUT2D eigenvalue weighted by atomic mass is 32.1. The quantitative estimate of drug-likeness (QED) is 0.181. The molecule has 8 aromatic carbocycles. The summed E-state index contributed by atoms with van der Waals surface area (Å²) in [6, 6.07) is 27.3. The Labute approximate surface area is 348 Å². The lowest BCUT2D eigenvalue weighted by Crippen LogP contribution is -2.36. The second-order valence-electron chi connectivity index (χ2n) is 13.1. The molecule has 1 unspecified atom stereocenters. The van der Waals surface area contributed by atoms with Crippen molar-refractivity contribution >= 4 is 65.0 Å². The van der Waals surface area contributed by atoms with Crippen molar-refractivity contribution < 1.29 is 19.2 Å². The van der Waals surface area contributed by atoms with Crippen molar-refractivity contribution in [2.24, 2.45) is 9.98 Å². The molecule has 0 saturated heterocycles. The van der Waals surface area contributed by atoms with Gasteiger partial charge >= 0.3 is 0 Å². The lowest BCUT2D eigenvalue weighted by molar-refractivity contribution is 0.756. The molecule has 0 spiro atoms. The van der Waals surface area contributed by atoms with Gasteiger partial charge in [0.1, 0.15) is 11.7 Å². The van der Waals surface area contributed by atoms with Crippen molar-refractivity contribution in [3.8, 4) is 27.9 Å². The number of nitrogens with one attached hydrogen (secondary N) is 1. The summed E-state index contributed by atoms with van der Waals surface area (Å²) in [5, 5.41) is 3.08. The van der Waals surface area contributed by atoms with Crippen LogP contribution in [0.1, 0.15) is 42.0 Å². The summed E-state index contributed by atoms with van der Waals surface area (Å²) < 4.78 is 127. The van der Waals surface area contributed by atoms with E-state index in [2.05, 4.69) is 5.32 Å². The van der Waals surface area contributed by atoms with Crippen molar-refractivity contribution in [2.45, 2.75) is 6.17 Å². The molecule has 2 aromatic heterocycles. The van der Waals surface area contributed by atoms with E-state index in [1.54, 1.807) is 24.3 Å². The average molecular weight is 749 g/mol. The van der Waals surface area contributed by atoms with Crippen LogP contribution in [0.15, 0.2) is 204 Å². The van der Waals surface area contributed by atoms with Gasteiger partial charge < -0.3 is 9.88 Å². The molecule has 0 radical (unpaired) electrons. The lowest BCUT2D eigenvalue weighted by Gasteiger charge is -2.22. The Bertz CT molecular complexity index is 3950. The van der Waals surface area contributed by atoms with Gasteiger partial charge in [-0.1, -0.05) is 151 Å². The summed E-state index contributed by atoms with van der Waals surface area (Å²) in [6.07, 6.45) is -0.630. The summed E-state index contributed by atoms with van der Waals surface area (Å²) in [5.41, 5.74) is 4.07. The SMILES string of the molecule is [2H]c1c([2H])c([2H])c2c(sc3c(-c4c([2H])c([2H])c5c6c([2H])c([2H])c([2H])c([2H])c6n(-c6ccc(C7=NC(c8ccc(-c9ccccc9)cc8)N=C(c8ccccc8)N7)cc6)c5c4[2H])c([2H])c([2H])c([2H])c32)c1[2H]. The van der Waals surface area contributed by atoms with Crippen LogP contribution in [0.5, 0.6) is 0 Å². The standard InChI is InChI=1S/C51H34N4S/c1-3-12-33(13-4-1)34-22-24-36(25-23-34)50-52-49(35-14-5-2-6-15-35)53-51(54-50)37-26-29-39(30-27-37)55-45-20-9-7-16-41(45)42-31-28-38(32-46(42)55)40-18-11-19-44-43-17-8-10-21-47(43)56-48(40)44/h1-32,50H,(H,52,53,54)/i7D,8D,9D,10D,11D,16D,17D,18D,19D,20D,21D,28D,31D,32D. The number of benzene rings is 8. The Morgan fingerprint density at radius 1 is 0.500 bits per heavy atom. The largest absolute Gasteiger partial charge is 0.324 e. The van der Waals surface area contributed by atoms with Gasteiger partial charge in [0, 0.05) is 47.8 Å². The van der Waals surface area contributed by atoms with Gasteiger partial charge in [0.25, 0.3) is 0 Å². The van der Waals surface area contributed by atoms with Gasteiger partial charge in [0.2, 0.25) is 0 Å². The molecule has 5 heteroatoms. The number of thiophene rings is 1. The number of para-hydroxylation sites is 1. The van der Waals surface area contributed by atoms with Gasteiger partial charge in [-0.3, -0.25) is 0 Å². The first-order valence-electron chi connectivity index (χ1n) is 24.8. The number of hydrogen-bond acceptors (Lipinski definition) is 4. The first kappa shape index (κ1) is 21.1. The van der Waals surface area contributed by atoms with Gasteiger partial charge in [0.15, 0.2) is 6.17 Å². The molecule has 10 aromatic rings. The Hall–Kier alpha value is -7.08. The third-order valence-electron chi connectivity index (χ3n) is 9.85. The highest BCUT2D eigenvalue weighted by molar-refractivity contribution is 7.26. The fraction of sp³-hybridized carbons (Fsp3) is 0.0196. The van der Waals surface area contributed by atoms with Gasteiger partial charge in [-0.2, -0.15) is 0 Å². The Morgan fingerprint density at radius 2 is 1.11 bits per heavy atom. The monoisotopic (exact) mass is 748 g/mol. The fourth-order valence-electron chi connectivity index (χ4n) is 7.13. The van der Waals surface area contributed by atoms with Crippen LogP contribution in [0.3, 0.4) is 0 Å². The molecule has 56 heavy (non-hydrogen) atoms. The molecule has 0 aliphatic carbocycles. The molecular weight excluding hydrogens is 701 g/mol. The van der Waals surface area contributed by atoms with E-state index in [9.17, 15) is 6.85 Å². The van der Waals surface area contributed by atoms with E-state index in [0.29, 0.717) is 22.9 Å². The maximum absolute atomic E-state index is 9.94. The molecule has 1 N–H and O–H groups in total. The smallest absolute Gasteiger partial charge is 0.169 e. The van der Waals surface area contributed by atoms with Gasteiger partial charge in [0.05, 0.1) is 30.2 Å². The topological polar surface area (TPSA) is 41.7 Å². The van der Waals surface area contributed by atoms with E-state index in [0.717, 1.165) is 33.6 Å². The minimum atomic E-state index is -0.630. The Kier molecular flexibility index (Phi) is 5.03. The minimum absolute atomic E-state index is 0.0413. The highest BCUT2D eigenvalue weighted by Crippen LogP contribution is 2.42. The van der Waals surface area contributed by atoms with Crippen LogP contribution >= 0.6 is 11.3 Å². The van der Waals surface area contributed by atoms with Gasteiger partial charge in [-0.25, -0.2) is 9.98 Å². The third-order valence-corrected chi connectivity index (χ3v) is 11.0. The fourth-order valence-corrected chi connectivity index (χ4v) is 8.21.